The standard InChI is InChI=1S/C13H20BrNS/c1-13(2)6-3-9(4-7-13)11(15)12-10(14)5-8-16-12/h5,8-9,11H,3-4,6-7,15H2,1-2H3. The van der Waals surface area contributed by atoms with Crippen molar-refractivity contribution < 1.29 is 0 Å². The van der Waals surface area contributed by atoms with Gasteiger partial charge in [0.05, 0.1) is 0 Å². The molecule has 16 heavy (non-hydrogen) atoms. The average Bonchev–Trinajstić information content (AvgIpc) is 2.63. The summed E-state index contributed by atoms with van der Waals surface area (Å²) in [6.45, 7) is 4.74. The predicted molar refractivity (Wildman–Crippen MR) is 74.7 cm³/mol. The minimum absolute atomic E-state index is 0.227. The van der Waals surface area contributed by atoms with Crippen molar-refractivity contribution in [1.29, 1.82) is 0 Å². The highest BCUT2D eigenvalue weighted by molar-refractivity contribution is 9.10. The van der Waals surface area contributed by atoms with E-state index in [9.17, 15) is 0 Å². The SMILES string of the molecule is CC1(C)CCC(C(N)c2sccc2Br)CC1. The average molecular weight is 302 g/mol. The Kier molecular flexibility index (Phi) is 3.77. The van der Waals surface area contributed by atoms with E-state index in [1.807, 2.05) is 0 Å². The molecule has 1 saturated carbocycles. The molecule has 1 heterocycles. The summed E-state index contributed by atoms with van der Waals surface area (Å²) in [5, 5.41) is 2.12. The van der Waals surface area contributed by atoms with Gasteiger partial charge in [-0.25, -0.2) is 0 Å². The molecule has 1 unspecified atom stereocenters. The summed E-state index contributed by atoms with van der Waals surface area (Å²) in [4.78, 5) is 1.32. The summed E-state index contributed by atoms with van der Waals surface area (Å²) in [6, 6.07) is 2.33. The first-order chi connectivity index (χ1) is 7.49. The van der Waals surface area contributed by atoms with Crippen molar-refractivity contribution in [3.05, 3.63) is 20.8 Å². The van der Waals surface area contributed by atoms with Gasteiger partial charge in [-0.1, -0.05) is 13.8 Å². The van der Waals surface area contributed by atoms with E-state index in [-0.39, 0.29) is 6.04 Å². The van der Waals surface area contributed by atoms with Gasteiger partial charge in [0.15, 0.2) is 0 Å². The topological polar surface area (TPSA) is 26.0 Å². The van der Waals surface area contributed by atoms with Crippen LogP contribution >= 0.6 is 27.3 Å². The normalized spacial score (nSPS) is 23.2. The van der Waals surface area contributed by atoms with Gasteiger partial charge in [0.1, 0.15) is 0 Å². The summed E-state index contributed by atoms with van der Waals surface area (Å²) in [7, 11) is 0. The molecule has 1 aromatic rings. The molecular weight excluding hydrogens is 282 g/mol. The third kappa shape index (κ3) is 2.69. The van der Waals surface area contributed by atoms with Crippen LogP contribution in [-0.4, -0.2) is 0 Å². The van der Waals surface area contributed by atoms with Gasteiger partial charge in [-0.15, -0.1) is 11.3 Å². The quantitative estimate of drug-likeness (QED) is 0.840. The maximum absolute atomic E-state index is 6.38. The summed E-state index contributed by atoms with van der Waals surface area (Å²) < 4.78 is 1.19. The molecule has 0 spiro atoms. The first-order valence-electron chi connectivity index (χ1n) is 5.98. The lowest BCUT2D eigenvalue weighted by Crippen LogP contribution is -2.28. The van der Waals surface area contributed by atoms with Gasteiger partial charge in [0, 0.05) is 15.4 Å². The molecule has 1 atom stereocenters. The van der Waals surface area contributed by atoms with E-state index < -0.39 is 0 Å². The van der Waals surface area contributed by atoms with Gasteiger partial charge in [-0.3, -0.25) is 0 Å². The fraction of sp³-hybridized carbons (Fsp3) is 0.692. The number of nitrogens with two attached hydrogens (primary N) is 1. The third-order valence-electron chi connectivity index (χ3n) is 3.84. The minimum Gasteiger partial charge on any atom is -0.323 e. The Morgan fingerprint density at radius 2 is 2.06 bits per heavy atom. The molecule has 0 bridgehead atoms. The van der Waals surface area contributed by atoms with Gasteiger partial charge < -0.3 is 5.73 Å². The van der Waals surface area contributed by atoms with Crippen LogP contribution in [-0.2, 0) is 0 Å². The Morgan fingerprint density at radius 1 is 1.44 bits per heavy atom. The van der Waals surface area contributed by atoms with Crippen molar-refractivity contribution in [3.8, 4) is 0 Å². The van der Waals surface area contributed by atoms with Crippen LogP contribution in [0.5, 0.6) is 0 Å². The molecule has 2 rings (SSSR count). The van der Waals surface area contributed by atoms with Crippen LogP contribution in [0.4, 0.5) is 0 Å². The summed E-state index contributed by atoms with van der Waals surface area (Å²) in [5.74, 6) is 0.669. The second-order valence-electron chi connectivity index (χ2n) is 5.66. The van der Waals surface area contributed by atoms with Crippen molar-refractivity contribution in [2.24, 2.45) is 17.1 Å². The molecule has 0 radical (unpaired) electrons. The molecular formula is C13H20BrNS. The number of rotatable bonds is 2. The van der Waals surface area contributed by atoms with E-state index in [1.54, 1.807) is 11.3 Å². The molecule has 1 fully saturated rings. The lowest BCUT2D eigenvalue weighted by molar-refractivity contribution is 0.174. The third-order valence-corrected chi connectivity index (χ3v) is 5.81. The number of hydrogen-bond donors (Lipinski definition) is 1. The second kappa shape index (κ2) is 4.79. The van der Waals surface area contributed by atoms with Gasteiger partial charge in [0.2, 0.25) is 0 Å². The van der Waals surface area contributed by atoms with Crippen LogP contribution in [0.2, 0.25) is 0 Å². The van der Waals surface area contributed by atoms with Gasteiger partial charge in [-0.2, -0.15) is 0 Å². The number of hydrogen-bond acceptors (Lipinski definition) is 2. The van der Waals surface area contributed by atoms with Gasteiger partial charge in [-0.05, 0) is 64.4 Å². The van der Waals surface area contributed by atoms with Crippen molar-refractivity contribution in [3.63, 3.8) is 0 Å². The van der Waals surface area contributed by atoms with Crippen LogP contribution in [0.3, 0.4) is 0 Å². The summed E-state index contributed by atoms with van der Waals surface area (Å²) in [6.07, 6.45) is 5.18. The second-order valence-corrected chi connectivity index (χ2v) is 7.46. The monoisotopic (exact) mass is 301 g/mol. The Balaban J connectivity index is 2.02. The van der Waals surface area contributed by atoms with E-state index in [0.717, 1.165) is 0 Å². The molecule has 0 aliphatic heterocycles. The highest BCUT2D eigenvalue weighted by Crippen LogP contribution is 2.43. The predicted octanol–water partition coefficient (Wildman–Crippen LogP) is 4.73. The van der Waals surface area contributed by atoms with Crippen LogP contribution in [0.1, 0.15) is 50.4 Å². The fourth-order valence-corrected chi connectivity index (χ4v) is 4.27. The Labute approximate surface area is 111 Å². The first kappa shape index (κ1) is 12.6. The molecule has 2 N–H and O–H groups in total. The number of thiophene rings is 1. The van der Waals surface area contributed by atoms with Gasteiger partial charge in [0.25, 0.3) is 0 Å². The zero-order valence-electron chi connectivity index (χ0n) is 10.0. The molecule has 1 aliphatic carbocycles. The highest BCUT2D eigenvalue weighted by atomic mass is 79.9. The van der Waals surface area contributed by atoms with Crippen molar-refractivity contribution in [1.82, 2.24) is 0 Å². The molecule has 90 valence electrons. The summed E-state index contributed by atoms with van der Waals surface area (Å²) >= 11 is 5.37. The first-order valence-corrected chi connectivity index (χ1v) is 7.65. The highest BCUT2D eigenvalue weighted by Gasteiger charge is 2.31. The smallest absolute Gasteiger partial charge is 0.0429 e. The molecule has 1 aromatic heterocycles. The molecule has 1 nitrogen and oxygen atoms in total. The number of halogens is 1. The summed E-state index contributed by atoms with van der Waals surface area (Å²) in [5.41, 5.74) is 6.91. The maximum atomic E-state index is 6.38. The molecule has 3 heteroatoms. The van der Waals surface area contributed by atoms with E-state index in [2.05, 4.69) is 41.2 Å². The lowest BCUT2D eigenvalue weighted by Gasteiger charge is -2.36. The van der Waals surface area contributed by atoms with Crippen molar-refractivity contribution in [2.75, 3.05) is 0 Å². The van der Waals surface area contributed by atoms with E-state index in [1.165, 1.54) is 35.0 Å². The zero-order chi connectivity index (χ0) is 11.8. The lowest BCUT2D eigenvalue weighted by atomic mass is 9.71. The van der Waals surface area contributed by atoms with E-state index in [0.29, 0.717) is 11.3 Å². The molecule has 0 amide bonds. The maximum Gasteiger partial charge on any atom is 0.0429 e. The molecule has 0 saturated heterocycles. The van der Waals surface area contributed by atoms with Gasteiger partial charge >= 0.3 is 0 Å². The van der Waals surface area contributed by atoms with Crippen molar-refractivity contribution in [2.45, 2.75) is 45.6 Å². The van der Waals surface area contributed by atoms with Crippen LogP contribution in [0.15, 0.2) is 15.9 Å². The van der Waals surface area contributed by atoms with Crippen LogP contribution < -0.4 is 5.73 Å². The molecule has 0 aromatic carbocycles. The Morgan fingerprint density at radius 3 is 2.56 bits per heavy atom. The van der Waals surface area contributed by atoms with E-state index in [4.69, 9.17) is 5.73 Å². The fourth-order valence-electron chi connectivity index (χ4n) is 2.54. The van der Waals surface area contributed by atoms with E-state index >= 15 is 0 Å². The minimum atomic E-state index is 0.227. The van der Waals surface area contributed by atoms with Crippen LogP contribution in [0.25, 0.3) is 0 Å². The Hall–Kier alpha value is 0.140. The zero-order valence-corrected chi connectivity index (χ0v) is 12.4. The largest absolute Gasteiger partial charge is 0.323 e. The molecule has 1 aliphatic rings. The van der Waals surface area contributed by atoms with Crippen molar-refractivity contribution >= 4 is 27.3 Å². The Bertz CT molecular complexity index is 349. The van der Waals surface area contributed by atoms with Crippen LogP contribution in [0, 0.1) is 11.3 Å².